The van der Waals surface area contributed by atoms with E-state index in [9.17, 15) is 86.5 Å². The Balaban J connectivity index is 1.09. The minimum absolute atomic E-state index is 0.847. The van der Waals surface area contributed by atoms with E-state index >= 15 is 0 Å². The van der Waals surface area contributed by atoms with E-state index in [0.29, 0.717) is 0 Å². The maximum absolute atomic E-state index is 12.2. The molecule has 0 amide bonds. The smallest absolute Gasteiger partial charge is 0.370 e. The molecule has 0 saturated carbocycles. The lowest BCUT2D eigenvalue weighted by atomic mass is 9.95. The zero-order chi connectivity index (χ0) is 44.6. The molecule has 6 rings (SSSR count). The van der Waals surface area contributed by atoms with Crippen LogP contribution in [-0.2, 0) is 61.9 Å². The first kappa shape index (κ1) is 48.8. The van der Waals surface area contributed by atoms with E-state index in [2.05, 4.69) is 9.78 Å². The van der Waals surface area contributed by atoms with Gasteiger partial charge in [-0.25, -0.2) is 4.79 Å². The van der Waals surface area contributed by atoms with Gasteiger partial charge in [-0.3, -0.25) is 0 Å². The molecule has 0 aliphatic carbocycles. The third-order valence-corrected chi connectivity index (χ3v) is 10.9. The molecule has 0 unspecified atom stereocenters. The second kappa shape index (κ2) is 20.7. The molecule has 16 N–H and O–H groups in total. The van der Waals surface area contributed by atoms with Gasteiger partial charge in [0.2, 0.25) is 0 Å². The first-order chi connectivity index (χ1) is 29.0. The third-order valence-electron chi connectivity index (χ3n) is 10.9. The van der Waals surface area contributed by atoms with Gasteiger partial charge >= 0.3 is 12.3 Å². The Morgan fingerprint density at radius 1 is 0.361 bits per heavy atom. The topological polar surface area (TPSA) is 458 Å². The molecule has 6 fully saturated rings. The Bertz CT molecular complexity index is 1390. The molecular formula is C32H52O29. The standard InChI is InChI=1S/C32H52O29/c33-1-6-11(38)12(39)25(55-27(49)32-60-61-32)31(51-6)59-24-10(5-37)54-30(20(47)16(24)43)58-23-9(4-36)53-29(19(46)15(23)42)57-22-8(3-35)52-28(18(45)14(22)41)56-21-7(2-34)50-26(48)17(44)13(21)40/h6-26,28-48H,1-5H2/t6-,7-,8-,9-,10-,11-,12+,13-,14-,15-,16-,17-,18-,19-,20-,21-,22-,23-,24-,25-,26+,28-,29-,30-,31-/m1/s1. The Kier molecular flexibility index (Phi) is 16.6. The van der Waals surface area contributed by atoms with Crippen LogP contribution in [0.3, 0.4) is 0 Å². The highest BCUT2D eigenvalue weighted by Crippen LogP contribution is 2.36. The maximum atomic E-state index is 12.2. The number of aliphatic hydroxyl groups excluding tert-OH is 16. The Labute approximate surface area is 342 Å². The average Bonchev–Trinajstić information content (AvgIpc) is 4.11. The minimum Gasteiger partial charge on any atom is -0.450 e. The molecular weight excluding hydrogens is 848 g/mol. The number of carbonyl (C=O) groups is 1. The molecule has 354 valence electrons. The lowest BCUT2D eigenvalue weighted by Gasteiger charge is -2.49. The van der Waals surface area contributed by atoms with Gasteiger partial charge in [-0.15, -0.1) is 0 Å². The van der Waals surface area contributed by atoms with E-state index in [0.717, 1.165) is 0 Å². The second-order valence-corrected chi connectivity index (χ2v) is 14.9. The van der Waals surface area contributed by atoms with Crippen molar-refractivity contribution in [2.45, 2.75) is 160 Å². The van der Waals surface area contributed by atoms with Gasteiger partial charge in [-0.05, 0) is 0 Å². The molecule has 6 aliphatic heterocycles. The Morgan fingerprint density at radius 3 is 1.03 bits per heavy atom. The fourth-order valence-corrected chi connectivity index (χ4v) is 7.44. The predicted molar refractivity (Wildman–Crippen MR) is 176 cm³/mol. The molecule has 0 spiro atoms. The largest absolute Gasteiger partial charge is 0.450 e. The summed E-state index contributed by atoms with van der Waals surface area (Å²) >= 11 is 0. The van der Waals surface area contributed by atoms with Gasteiger partial charge in [0, 0.05) is 0 Å². The van der Waals surface area contributed by atoms with Crippen molar-refractivity contribution >= 4 is 5.97 Å². The number of aliphatic hydroxyl groups is 16. The minimum atomic E-state index is -2.15. The van der Waals surface area contributed by atoms with E-state index in [4.69, 9.17) is 47.4 Å². The fourth-order valence-electron chi connectivity index (χ4n) is 7.44. The van der Waals surface area contributed by atoms with E-state index in [1.165, 1.54) is 0 Å². The van der Waals surface area contributed by atoms with Gasteiger partial charge in [-0.1, -0.05) is 0 Å². The summed E-state index contributed by atoms with van der Waals surface area (Å²) in [6.07, 6.45) is -48.3. The SMILES string of the molecule is O=C(O[C@H]1[C@@H](O[C@H]2[C@H](O)[C@@H](O)[C@@H](O[C@H]3[C@H](O)[C@@H](O)[C@@H](O[C@H]4[C@H](O)[C@@H](O)[C@@H](O[C@H]5[C@H](O)[C@@H](O)[C@@H](O)O[C@@H]5CO)O[C@@H]4CO)O[C@@H]3CO)O[C@@H]2CO)O[C@H](CO)[C@@H](O)[C@@H]1O)C1OO1. The number of ether oxygens (including phenoxy) is 10. The molecule has 0 radical (unpaired) electrons. The maximum Gasteiger partial charge on any atom is 0.370 e. The molecule has 29 nitrogen and oxygen atoms in total. The third kappa shape index (κ3) is 10.1. The van der Waals surface area contributed by atoms with E-state index < -0.39 is 199 Å². The summed E-state index contributed by atoms with van der Waals surface area (Å²) in [7, 11) is 0. The van der Waals surface area contributed by atoms with Crippen molar-refractivity contribution in [1.29, 1.82) is 0 Å². The molecule has 29 heteroatoms. The summed E-state index contributed by atoms with van der Waals surface area (Å²) in [5, 5.41) is 167. The summed E-state index contributed by atoms with van der Waals surface area (Å²) in [6, 6.07) is 0. The Hall–Kier alpha value is -1.61. The number of rotatable bonds is 15. The predicted octanol–water partition coefficient (Wildman–Crippen LogP) is -12.1. The molecule has 0 aromatic heterocycles. The number of hydrogen-bond acceptors (Lipinski definition) is 29. The van der Waals surface area contributed by atoms with Crippen molar-refractivity contribution in [3.8, 4) is 0 Å². The summed E-state index contributed by atoms with van der Waals surface area (Å²) < 4.78 is 54.7. The summed E-state index contributed by atoms with van der Waals surface area (Å²) in [5.74, 6) is -1.19. The van der Waals surface area contributed by atoms with Crippen LogP contribution in [0.2, 0.25) is 0 Å². The first-order valence-electron chi connectivity index (χ1n) is 18.9. The van der Waals surface area contributed by atoms with Gasteiger partial charge < -0.3 is 129 Å². The van der Waals surface area contributed by atoms with Crippen LogP contribution in [0.15, 0.2) is 0 Å². The van der Waals surface area contributed by atoms with Crippen LogP contribution < -0.4 is 0 Å². The number of esters is 1. The van der Waals surface area contributed by atoms with Crippen LogP contribution in [0.1, 0.15) is 0 Å². The van der Waals surface area contributed by atoms with Gasteiger partial charge in [0.1, 0.15) is 116 Å². The van der Waals surface area contributed by atoms with E-state index in [1.54, 1.807) is 0 Å². The summed E-state index contributed by atoms with van der Waals surface area (Å²) in [4.78, 5) is 20.9. The first-order valence-corrected chi connectivity index (χ1v) is 18.9. The van der Waals surface area contributed by atoms with Gasteiger partial charge in [-0.2, -0.15) is 9.78 Å². The molecule has 0 aromatic rings. The van der Waals surface area contributed by atoms with Crippen LogP contribution in [-0.4, -0.2) is 281 Å². The molecule has 0 bridgehead atoms. The quantitative estimate of drug-likeness (QED) is 0.0412. The zero-order valence-electron chi connectivity index (χ0n) is 31.5. The Morgan fingerprint density at radius 2 is 0.672 bits per heavy atom. The van der Waals surface area contributed by atoms with Crippen molar-refractivity contribution in [2.75, 3.05) is 33.0 Å². The zero-order valence-corrected chi connectivity index (χ0v) is 31.5. The van der Waals surface area contributed by atoms with E-state index in [-0.39, 0.29) is 0 Å². The molecule has 0 aromatic carbocycles. The van der Waals surface area contributed by atoms with E-state index in [1.807, 2.05) is 0 Å². The van der Waals surface area contributed by atoms with Gasteiger partial charge in [0.15, 0.2) is 37.6 Å². The van der Waals surface area contributed by atoms with Crippen LogP contribution in [0.4, 0.5) is 0 Å². The van der Waals surface area contributed by atoms with Crippen LogP contribution >= 0.6 is 0 Å². The fraction of sp³-hybridized carbons (Fsp3) is 0.969. The summed E-state index contributed by atoms with van der Waals surface area (Å²) in [5.41, 5.74) is 0. The lowest BCUT2D eigenvalue weighted by molar-refractivity contribution is -0.393. The van der Waals surface area contributed by atoms with Crippen molar-refractivity contribution < 1.29 is 144 Å². The normalized spacial score (nSPS) is 50.9. The number of hydrogen-bond donors (Lipinski definition) is 16. The van der Waals surface area contributed by atoms with Gasteiger partial charge in [0.25, 0.3) is 0 Å². The molecule has 6 heterocycles. The highest BCUT2D eigenvalue weighted by Gasteiger charge is 2.57. The second-order valence-electron chi connectivity index (χ2n) is 14.9. The average molecular weight is 901 g/mol. The van der Waals surface area contributed by atoms with Gasteiger partial charge in [0.05, 0.1) is 33.0 Å². The molecule has 25 atom stereocenters. The lowest BCUT2D eigenvalue weighted by Crippen LogP contribution is -2.68. The highest BCUT2D eigenvalue weighted by atomic mass is 17.4. The summed E-state index contributed by atoms with van der Waals surface area (Å²) in [6.45, 7) is -4.69. The van der Waals surface area contributed by atoms with Crippen LogP contribution in [0.5, 0.6) is 0 Å². The molecule has 6 saturated heterocycles. The highest BCUT2D eigenvalue weighted by molar-refractivity contribution is 5.74. The monoisotopic (exact) mass is 900 g/mol. The van der Waals surface area contributed by atoms with Crippen molar-refractivity contribution in [3.63, 3.8) is 0 Å². The van der Waals surface area contributed by atoms with Crippen LogP contribution in [0, 0.1) is 0 Å². The number of carbonyl (C=O) groups excluding carboxylic acids is 1. The molecule has 61 heavy (non-hydrogen) atoms. The van der Waals surface area contributed by atoms with Crippen molar-refractivity contribution in [2.24, 2.45) is 0 Å². The van der Waals surface area contributed by atoms with Crippen molar-refractivity contribution in [1.82, 2.24) is 0 Å². The molecule has 6 aliphatic rings. The van der Waals surface area contributed by atoms with Crippen LogP contribution in [0.25, 0.3) is 0 Å². The van der Waals surface area contributed by atoms with Crippen molar-refractivity contribution in [3.05, 3.63) is 0 Å².